The highest BCUT2D eigenvalue weighted by Crippen LogP contribution is 2.27. The van der Waals surface area contributed by atoms with E-state index in [1.165, 1.54) is 0 Å². The van der Waals surface area contributed by atoms with Crippen LogP contribution in [0.5, 0.6) is 0 Å². The summed E-state index contributed by atoms with van der Waals surface area (Å²) < 4.78 is 1.85. The zero-order valence-corrected chi connectivity index (χ0v) is 15.4. The Kier molecular flexibility index (Phi) is 6.89. The second-order valence-corrected chi connectivity index (χ2v) is 5.90. The normalized spacial score (nSPS) is 10.4. The second-order valence-electron chi connectivity index (χ2n) is 5.47. The Balaban J connectivity index is 0.000000300. The van der Waals surface area contributed by atoms with Crippen molar-refractivity contribution in [2.75, 3.05) is 12.1 Å². The maximum Gasteiger partial charge on any atom is 0.328 e. The van der Waals surface area contributed by atoms with E-state index in [1.54, 1.807) is 18.5 Å². The molecule has 2 heterocycles. The van der Waals surface area contributed by atoms with Gasteiger partial charge >= 0.3 is 11.9 Å². The highest BCUT2D eigenvalue weighted by atomic mass is 35.5. The SMILES string of the molecule is CN(c1ccnc2cc(Cl)ccc12)n1ccc(C=O)c1.O=C(O)/C=C\C(=O)O. The number of aliphatic carboxylic acids is 2. The molecular weight excluding hydrogens is 386 g/mol. The Hall–Kier alpha value is -3.65. The molecule has 0 atom stereocenters. The molecule has 0 unspecified atom stereocenters. The van der Waals surface area contributed by atoms with E-state index in [2.05, 4.69) is 4.98 Å². The minimum Gasteiger partial charge on any atom is -0.478 e. The Morgan fingerprint density at radius 2 is 1.82 bits per heavy atom. The van der Waals surface area contributed by atoms with Gasteiger partial charge < -0.3 is 10.2 Å². The van der Waals surface area contributed by atoms with Crippen molar-refractivity contribution in [1.29, 1.82) is 0 Å². The molecule has 2 N–H and O–H groups in total. The summed E-state index contributed by atoms with van der Waals surface area (Å²) in [4.78, 5) is 34.2. The zero-order chi connectivity index (χ0) is 20.7. The maximum absolute atomic E-state index is 10.8. The average Bonchev–Trinajstić information content (AvgIpc) is 3.15. The third kappa shape index (κ3) is 5.42. The van der Waals surface area contributed by atoms with E-state index in [9.17, 15) is 14.4 Å². The number of anilines is 1. The van der Waals surface area contributed by atoms with Crippen LogP contribution in [-0.2, 0) is 9.59 Å². The van der Waals surface area contributed by atoms with E-state index in [-0.39, 0.29) is 0 Å². The number of nitrogens with zero attached hydrogens (tertiary/aromatic N) is 3. The van der Waals surface area contributed by atoms with Crippen molar-refractivity contribution in [2.45, 2.75) is 0 Å². The van der Waals surface area contributed by atoms with Gasteiger partial charge in [-0.15, -0.1) is 0 Å². The van der Waals surface area contributed by atoms with Crippen LogP contribution in [0.1, 0.15) is 10.4 Å². The largest absolute Gasteiger partial charge is 0.478 e. The third-order valence-electron chi connectivity index (χ3n) is 3.58. The Morgan fingerprint density at radius 1 is 1.14 bits per heavy atom. The second kappa shape index (κ2) is 9.33. The fourth-order valence-electron chi connectivity index (χ4n) is 2.31. The molecule has 0 saturated heterocycles. The van der Waals surface area contributed by atoms with Gasteiger partial charge in [0.25, 0.3) is 0 Å². The third-order valence-corrected chi connectivity index (χ3v) is 3.82. The van der Waals surface area contributed by atoms with Crippen LogP contribution in [0, 0.1) is 0 Å². The molecule has 144 valence electrons. The number of aldehydes is 1. The van der Waals surface area contributed by atoms with E-state index in [0.717, 1.165) is 22.9 Å². The number of hydrogen-bond acceptors (Lipinski definition) is 5. The molecule has 0 aliphatic rings. The van der Waals surface area contributed by atoms with Gasteiger partial charge in [0.15, 0.2) is 6.29 Å². The van der Waals surface area contributed by atoms with E-state index in [1.807, 2.05) is 47.2 Å². The van der Waals surface area contributed by atoms with Gasteiger partial charge in [-0.2, -0.15) is 0 Å². The first kappa shape index (κ1) is 20.7. The molecule has 1 aromatic carbocycles. The van der Waals surface area contributed by atoms with Crippen molar-refractivity contribution >= 4 is 46.4 Å². The van der Waals surface area contributed by atoms with Gasteiger partial charge in [0.2, 0.25) is 0 Å². The minimum atomic E-state index is -1.26. The fourth-order valence-corrected chi connectivity index (χ4v) is 2.48. The Morgan fingerprint density at radius 3 is 2.39 bits per heavy atom. The number of rotatable bonds is 5. The molecule has 3 aromatic rings. The van der Waals surface area contributed by atoms with Crippen LogP contribution >= 0.6 is 11.6 Å². The van der Waals surface area contributed by atoms with Crippen LogP contribution in [0.2, 0.25) is 5.02 Å². The molecule has 0 amide bonds. The van der Waals surface area contributed by atoms with Crippen molar-refractivity contribution in [3.05, 3.63) is 71.7 Å². The number of halogens is 1. The maximum atomic E-state index is 10.8. The number of pyridine rings is 1. The van der Waals surface area contributed by atoms with Gasteiger partial charge in [-0.05, 0) is 30.3 Å². The predicted molar refractivity (Wildman–Crippen MR) is 105 cm³/mol. The van der Waals surface area contributed by atoms with E-state index < -0.39 is 11.9 Å². The number of aromatic nitrogens is 2. The molecule has 28 heavy (non-hydrogen) atoms. The quantitative estimate of drug-likeness (QED) is 0.498. The highest BCUT2D eigenvalue weighted by Gasteiger charge is 2.09. The number of hydrogen-bond donors (Lipinski definition) is 2. The lowest BCUT2D eigenvalue weighted by Gasteiger charge is -2.22. The molecule has 0 fully saturated rings. The van der Waals surface area contributed by atoms with Crippen molar-refractivity contribution in [2.24, 2.45) is 0 Å². The van der Waals surface area contributed by atoms with E-state index >= 15 is 0 Å². The molecule has 0 spiro atoms. The van der Waals surface area contributed by atoms with Crippen LogP contribution in [0.3, 0.4) is 0 Å². The van der Waals surface area contributed by atoms with Crippen LogP contribution in [-0.4, -0.2) is 45.1 Å². The monoisotopic (exact) mass is 401 g/mol. The number of carboxylic acid groups (broad SMARTS) is 2. The Labute approximate surface area is 164 Å². The zero-order valence-electron chi connectivity index (χ0n) is 14.7. The summed E-state index contributed by atoms with van der Waals surface area (Å²) in [6.07, 6.45) is 7.30. The first-order valence-electron chi connectivity index (χ1n) is 7.87. The smallest absolute Gasteiger partial charge is 0.328 e. The number of carboxylic acids is 2. The summed E-state index contributed by atoms with van der Waals surface area (Å²) in [7, 11) is 1.93. The minimum absolute atomic E-state index is 0.558. The Bertz CT molecular complexity index is 1030. The van der Waals surface area contributed by atoms with E-state index in [0.29, 0.717) is 22.7 Å². The van der Waals surface area contributed by atoms with Crippen molar-refractivity contribution < 1.29 is 24.6 Å². The van der Waals surface area contributed by atoms with Gasteiger partial charge in [0.05, 0.1) is 11.2 Å². The fraction of sp³-hybridized carbons (Fsp3) is 0.0526. The van der Waals surface area contributed by atoms with Gasteiger partial charge in [0, 0.05) is 53.8 Å². The summed E-state index contributed by atoms with van der Waals surface area (Å²) in [5, 5.41) is 19.2. The molecule has 9 heteroatoms. The molecule has 0 radical (unpaired) electrons. The first-order chi connectivity index (χ1) is 13.3. The topological polar surface area (TPSA) is 113 Å². The number of carbonyl (C=O) groups excluding carboxylic acids is 1. The van der Waals surface area contributed by atoms with Crippen molar-refractivity contribution in [3.8, 4) is 0 Å². The summed E-state index contributed by atoms with van der Waals surface area (Å²) >= 11 is 5.99. The highest BCUT2D eigenvalue weighted by molar-refractivity contribution is 6.31. The summed E-state index contributed by atoms with van der Waals surface area (Å²) in [6, 6.07) is 9.32. The molecule has 0 bridgehead atoms. The lowest BCUT2D eigenvalue weighted by atomic mass is 10.2. The summed E-state index contributed by atoms with van der Waals surface area (Å²) in [6.45, 7) is 0. The number of benzene rings is 1. The van der Waals surface area contributed by atoms with Gasteiger partial charge in [-0.3, -0.25) is 19.5 Å². The van der Waals surface area contributed by atoms with Crippen LogP contribution in [0.25, 0.3) is 10.9 Å². The molecule has 0 aliphatic heterocycles. The number of carbonyl (C=O) groups is 3. The van der Waals surface area contributed by atoms with Gasteiger partial charge in [-0.25, -0.2) is 9.59 Å². The summed E-state index contributed by atoms with van der Waals surface area (Å²) in [5.41, 5.74) is 2.46. The summed E-state index contributed by atoms with van der Waals surface area (Å²) in [5.74, 6) is -2.51. The van der Waals surface area contributed by atoms with Crippen LogP contribution in [0.4, 0.5) is 5.69 Å². The molecule has 3 rings (SSSR count). The van der Waals surface area contributed by atoms with E-state index in [4.69, 9.17) is 21.8 Å². The standard InChI is InChI=1S/C15H12ClN3O.C4H4O4/c1-18(19-7-5-11(9-19)10-20)15-4-6-17-14-8-12(16)2-3-13(14)15;5-3(6)1-2-4(7)8/h2-10H,1H3;1-2H,(H,5,6)(H,7,8)/b;2-1-. The van der Waals surface area contributed by atoms with Gasteiger partial charge in [0.1, 0.15) is 0 Å². The first-order valence-corrected chi connectivity index (χ1v) is 8.25. The molecule has 2 aromatic heterocycles. The molecule has 0 saturated carbocycles. The molecule has 0 aliphatic carbocycles. The van der Waals surface area contributed by atoms with Crippen molar-refractivity contribution in [3.63, 3.8) is 0 Å². The van der Waals surface area contributed by atoms with Crippen LogP contribution < -0.4 is 5.01 Å². The predicted octanol–water partition coefficient (Wildman–Crippen LogP) is 3.11. The van der Waals surface area contributed by atoms with Crippen LogP contribution in [0.15, 0.2) is 61.1 Å². The van der Waals surface area contributed by atoms with Gasteiger partial charge in [-0.1, -0.05) is 11.6 Å². The lowest BCUT2D eigenvalue weighted by Crippen LogP contribution is -2.23. The lowest BCUT2D eigenvalue weighted by molar-refractivity contribution is -0.134. The average molecular weight is 402 g/mol. The number of fused-ring (bicyclic) bond motifs is 1. The van der Waals surface area contributed by atoms with Crippen molar-refractivity contribution in [1.82, 2.24) is 9.66 Å². The molecule has 8 nitrogen and oxygen atoms in total. The molecular formula is C19H16ClN3O5.